The van der Waals surface area contributed by atoms with E-state index in [0.717, 1.165) is 55.6 Å². The second-order valence-electron chi connectivity index (χ2n) is 10.2. The van der Waals surface area contributed by atoms with Gasteiger partial charge in [-0.05, 0) is 65.4 Å². The normalized spacial score (nSPS) is 12.3. The molecule has 0 spiro atoms. The number of pyridine rings is 1. The third-order valence-electron chi connectivity index (χ3n) is 6.82. The predicted molar refractivity (Wildman–Crippen MR) is 140 cm³/mol. The Kier molecular flexibility index (Phi) is 4.47. The average molecular weight is 446 g/mol. The van der Waals surface area contributed by atoms with E-state index < -0.39 is 0 Å². The molecule has 34 heavy (non-hydrogen) atoms. The van der Waals surface area contributed by atoms with Gasteiger partial charge in [0.15, 0.2) is 5.58 Å². The first kappa shape index (κ1) is 20.7. The minimum atomic E-state index is 0.00219. The first-order valence-electron chi connectivity index (χ1n) is 11.7. The molecule has 0 atom stereocenters. The van der Waals surface area contributed by atoms with Gasteiger partial charge in [0.2, 0.25) is 0 Å². The molecule has 3 nitrogen and oxygen atoms in total. The molecule has 0 aliphatic heterocycles. The summed E-state index contributed by atoms with van der Waals surface area (Å²) in [5, 5.41) is 4.68. The number of rotatable bonds is 2. The van der Waals surface area contributed by atoms with Gasteiger partial charge in [-0.15, -0.1) is 0 Å². The molecule has 3 heteroatoms. The fourth-order valence-electron chi connectivity index (χ4n) is 5.11. The lowest BCUT2D eigenvalue weighted by atomic mass is 9.82. The zero-order valence-electron chi connectivity index (χ0n) is 20.2. The largest absolute Gasteiger partial charge is 0.464 e. The van der Waals surface area contributed by atoms with Gasteiger partial charge >= 0.3 is 0 Å². The Bertz CT molecular complexity index is 1710. The van der Waals surface area contributed by atoms with Gasteiger partial charge in [0, 0.05) is 33.7 Å². The minimum absolute atomic E-state index is 0.00219. The standard InChI is InChI=1S/C31H27NO2/c1-18-17-33-26-12-8-11-24(27(18)26)29-19(2)22-13-14-32-28(30(22)34-29)21-15-20-9-6-7-10-23(20)25(16-21)31(3,4)5/h6-17H,1-5H3. The smallest absolute Gasteiger partial charge is 0.161 e. The van der Waals surface area contributed by atoms with Crippen LogP contribution in [-0.2, 0) is 5.41 Å². The Morgan fingerprint density at radius 1 is 0.853 bits per heavy atom. The third kappa shape index (κ3) is 3.07. The molecule has 0 aliphatic carbocycles. The van der Waals surface area contributed by atoms with Crippen LogP contribution in [0.4, 0.5) is 0 Å². The second kappa shape index (κ2) is 7.33. The monoisotopic (exact) mass is 445 g/mol. The summed E-state index contributed by atoms with van der Waals surface area (Å²) < 4.78 is 12.4. The topological polar surface area (TPSA) is 39.2 Å². The van der Waals surface area contributed by atoms with Crippen LogP contribution in [0.5, 0.6) is 0 Å². The van der Waals surface area contributed by atoms with Crippen molar-refractivity contribution in [2.75, 3.05) is 0 Å². The van der Waals surface area contributed by atoms with Crippen molar-refractivity contribution in [3.63, 3.8) is 0 Å². The molecule has 0 unspecified atom stereocenters. The molecule has 168 valence electrons. The van der Waals surface area contributed by atoms with Gasteiger partial charge in [0.25, 0.3) is 0 Å². The Morgan fingerprint density at radius 2 is 1.68 bits per heavy atom. The maximum absolute atomic E-state index is 6.64. The summed E-state index contributed by atoms with van der Waals surface area (Å²) in [6.07, 6.45) is 3.70. The first-order chi connectivity index (χ1) is 16.3. The van der Waals surface area contributed by atoms with E-state index in [-0.39, 0.29) is 5.41 Å². The van der Waals surface area contributed by atoms with E-state index in [4.69, 9.17) is 13.8 Å². The molecule has 0 amide bonds. The summed E-state index contributed by atoms with van der Waals surface area (Å²) in [6.45, 7) is 11.0. The average Bonchev–Trinajstić information content (AvgIpc) is 3.38. The minimum Gasteiger partial charge on any atom is -0.464 e. The molecule has 0 saturated heterocycles. The highest BCUT2D eigenvalue weighted by Crippen LogP contribution is 2.42. The number of hydrogen-bond donors (Lipinski definition) is 0. The number of fused-ring (bicyclic) bond motifs is 3. The maximum atomic E-state index is 6.64. The van der Waals surface area contributed by atoms with E-state index in [1.807, 2.05) is 24.6 Å². The van der Waals surface area contributed by atoms with E-state index in [9.17, 15) is 0 Å². The van der Waals surface area contributed by atoms with Crippen LogP contribution in [0.15, 0.2) is 82.0 Å². The molecule has 0 N–H and O–H groups in total. The molecule has 0 aliphatic rings. The van der Waals surface area contributed by atoms with Crippen molar-refractivity contribution in [1.29, 1.82) is 0 Å². The lowest BCUT2D eigenvalue weighted by Crippen LogP contribution is -2.12. The van der Waals surface area contributed by atoms with Gasteiger partial charge in [-0.2, -0.15) is 0 Å². The zero-order valence-corrected chi connectivity index (χ0v) is 20.2. The van der Waals surface area contributed by atoms with Crippen LogP contribution in [0.25, 0.3) is 55.3 Å². The molecule has 6 rings (SSSR count). The van der Waals surface area contributed by atoms with Gasteiger partial charge < -0.3 is 8.83 Å². The Hall–Kier alpha value is -3.85. The molecule has 0 fully saturated rings. The Morgan fingerprint density at radius 3 is 2.50 bits per heavy atom. The summed E-state index contributed by atoms with van der Waals surface area (Å²) in [4.78, 5) is 4.81. The maximum Gasteiger partial charge on any atom is 0.161 e. The van der Waals surface area contributed by atoms with Crippen molar-refractivity contribution < 1.29 is 8.83 Å². The number of aromatic nitrogens is 1. The van der Waals surface area contributed by atoms with Crippen LogP contribution in [0.1, 0.15) is 37.5 Å². The Labute approximate surface area is 199 Å². The molecular formula is C31H27NO2. The predicted octanol–water partition coefficient (Wildman–Crippen LogP) is 8.98. The van der Waals surface area contributed by atoms with E-state index >= 15 is 0 Å². The highest BCUT2D eigenvalue weighted by atomic mass is 16.3. The fraction of sp³-hybridized carbons (Fsp3) is 0.194. The lowest BCUT2D eigenvalue weighted by Gasteiger charge is -2.22. The fourth-order valence-corrected chi connectivity index (χ4v) is 5.11. The molecule has 0 bridgehead atoms. The van der Waals surface area contributed by atoms with Crippen molar-refractivity contribution >= 4 is 32.7 Å². The summed E-state index contributed by atoms with van der Waals surface area (Å²) in [5.74, 6) is 0.871. The number of nitrogens with zero attached hydrogens (tertiary/aromatic N) is 1. The van der Waals surface area contributed by atoms with Crippen LogP contribution < -0.4 is 0 Å². The molecule has 3 aromatic carbocycles. The molecule has 6 aromatic rings. The third-order valence-corrected chi connectivity index (χ3v) is 6.82. The first-order valence-corrected chi connectivity index (χ1v) is 11.7. The van der Waals surface area contributed by atoms with E-state index in [1.54, 1.807) is 0 Å². The second-order valence-corrected chi connectivity index (χ2v) is 10.2. The molecule has 0 radical (unpaired) electrons. The number of furan rings is 2. The zero-order chi connectivity index (χ0) is 23.6. The highest BCUT2D eigenvalue weighted by molar-refractivity contribution is 6.02. The van der Waals surface area contributed by atoms with Crippen LogP contribution in [-0.4, -0.2) is 4.98 Å². The van der Waals surface area contributed by atoms with E-state index in [2.05, 4.69) is 83.1 Å². The Balaban J connectivity index is 1.64. The quantitative estimate of drug-likeness (QED) is 0.267. The molecule has 0 saturated carbocycles. The van der Waals surface area contributed by atoms with Crippen LogP contribution >= 0.6 is 0 Å². The molecule has 3 aromatic heterocycles. The molecular weight excluding hydrogens is 418 g/mol. The van der Waals surface area contributed by atoms with Crippen molar-refractivity contribution in [2.45, 2.75) is 40.0 Å². The molecule has 3 heterocycles. The van der Waals surface area contributed by atoms with Gasteiger partial charge in [-0.25, -0.2) is 0 Å². The summed E-state index contributed by atoms with van der Waals surface area (Å²) in [5.41, 5.74) is 8.23. The number of hydrogen-bond acceptors (Lipinski definition) is 3. The van der Waals surface area contributed by atoms with Gasteiger partial charge in [0.1, 0.15) is 17.0 Å². The summed E-state index contributed by atoms with van der Waals surface area (Å²) >= 11 is 0. The van der Waals surface area contributed by atoms with Crippen LogP contribution in [0.2, 0.25) is 0 Å². The summed E-state index contributed by atoms with van der Waals surface area (Å²) in [7, 11) is 0. The SMILES string of the molecule is Cc1c(-c2cccc3occ(C)c23)oc2c(-c3cc(C(C)(C)C)c4ccccc4c3)nccc12. The lowest BCUT2D eigenvalue weighted by molar-refractivity contribution is 0.596. The highest BCUT2D eigenvalue weighted by Gasteiger charge is 2.22. The van der Waals surface area contributed by atoms with Crippen molar-refractivity contribution in [2.24, 2.45) is 0 Å². The van der Waals surface area contributed by atoms with Crippen LogP contribution in [0.3, 0.4) is 0 Å². The van der Waals surface area contributed by atoms with Crippen molar-refractivity contribution in [3.8, 4) is 22.6 Å². The van der Waals surface area contributed by atoms with Gasteiger partial charge in [0.05, 0.1) is 6.26 Å². The van der Waals surface area contributed by atoms with Gasteiger partial charge in [-0.1, -0.05) is 57.2 Å². The number of benzene rings is 3. The van der Waals surface area contributed by atoms with Crippen molar-refractivity contribution in [1.82, 2.24) is 4.98 Å². The van der Waals surface area contributed by atoms with Crippen LogP contribution in [0, 0.1) is 13.8 Å². The van der Waals surface area contributed by atoms with E-state index in [0.29, 0.717) is 0 Å². The van der Waals surface area contributed by atoms with Crippen molar-refractivity contribution in [3.05, 3.63) is 89.8 Å². The number of aryl methyl sites for hydroxylation is 2. The van der Waals surface area contributed by atoms with E-state index in [1.165, 1.54) is 16.3 Å². The van der Waals surface area contributed by atoms with Gasteiger partial charge in [-0.3, -0.25) is 4.98 Å². The summed E-state index contributed by atoms with van der Waals surface area (Å²) in [6, 6.07) is 21.3.